The van der Waals surface area contributed by atoms with Crippen LogP contribution in [0, 0.1) is 5.82 Å². The summed E-state index contributed by atoms with van der Waals surface area (Å²) >= 11 is 11.9. The first-order valence-corrected chi connectivity index (χ1v) is 8.29. The zero-order chi connectivity index (χ0) is 13.3. The van der Waals surface area contributed by atoms with Crippen molar-refractivity contribution in [1.82, 2.24) is 5.32 Å². The molecule has 2 rings (SSSR count). The fraction of sp³-hybridized carbons (Fsp3) is 0.167. The highest BCUT2D eigenvalue weighted by molar-refractivity contribution is 9.12. The molecule has 96 valence electrons. The maximum Gasteiger partial charge on any atom is 0.128 e. The Balaban J connectivity index is 2.51. The van der Waals surface area contributed by atoms with Gasteiger partial charge in [-0.1, -0.05) is 15.9 Å². The van der Waals surface area contributed by atoms with Crippen LogP contribution in [0.5, 0.6) is 0 Å². The molecule has 6 heteroatoms. The van der Waals surface area contributed by atoms with Crippen LogP contribution in [0.1, 0.15) is 17.2 Å². The smallest absolute Gasteiger partial charge is 0.128 e. The van der Waals surface area contributed by atoms with Crippen LogP contribution in [0.2, 0.25) is 0 Å². The molecule has 18 heavy (non-hydrogen) atoms. The van der Waals surface area contributed by atoms with Gasteiger partial charge in [0.1, 0.15) is 5.82 Å². The number of hydrogen-bond donors (Lipinski definition) is 1. The standard InChI is InChI=1S/C12H9Br3FNS/c1-17-11(8-5-10(14)18-12(8)15)7-4-6(13)2-3-9(7)16/h2-5,11,17H,1H3. The van der Waals surface area contributed by atoms with Crippen molar-refractivity contribution in [3.63, 3.8) is 0 Å². The Labute approximate surface area is 134 Å². The minimum absolute atomic E-state index is 0.181. The number of benzene rings is 1. The van der Waals surface area contributed by atoms with Crippen molar-refractivity contribution in [3.8, 4) is 0 Å². The molecule has 1 aromatic heterocycles. The summed E-state index contributed by atoms with van der Waals surface area (Å²) in [5.74, 6) is -0.216. The number of rotatable bonds is 3. The molecule has 0 spiro atoms. The molecule has 0 aliphatic rings. The predicted molar refractivity (Wildman–Crippen MR) is 84.7 cm³/mol. The minimum Gasteiger partial charge on any atom is -0.309 e. The number of hydrogen-bond acceptors (Lipinski definition) is 2. The van der Waals surface area contributed by atoms with E-state index in [2.05, 4.69) is 53.1 Å². The fourth-order valence-corrected chi connectivity index (χ4v) is 5.05. The Hall–Kier alpha value is 0.250. The van der Waals surface area contributed by atoms with Crippen molar-refractivity contribution in [3.05, 3.63) is 53.3 Å². The number of thiophene rings is 1. The maximum absolute atomic E-state index is 13.9. The summed E-state index contributed by atoms with van der Waals surface area (Å²) in [6.45, 7) is 0. The Morgan fingerprint density at radius 1 is 1.17 bits per heavy atom. The van der Waals surface area contributed by atoms with Gasteiger partial charge in [0, 0.05) is 10.0 Å². The van der Waals surface area contributed by atoms with Gasteiger partial charge in [0.2, 0.25) is 0 Å². The van der Waals surface area contributed by atoms with Crippen LogP contribution in [-0.2, 0) is 0 Å². The molecule has 1 aromatic carbocycles. The highest BCUT2D eigenvalue weighted by atomic mass is 79.9. The first kappa shape index (κ1) is 14.7. The van der Waals surface area contributed by atoms with Crippen molar-refractivity contribution in [1.29, 1.82) is 0 Å². The van der Waals surface area contributed by atoms with Gasteiger partial charge in [-0.3, -0.25) is 0 Å². The molecule has 2 aromatic rings. The normalized spacial score (nSPS) is 12.7. The predicted octanol–water partition coefficient (Wildman–Crippen LogP) is 5.48. The van der Waals surface area contributed by atoms with E-state index in [1.54, 1.807) is 23.5 Å². The SMILES string of the molecule is CNC(c1cc(Br)ccc1F)c1cc(Br)sc1Br. The molecule has 0 aliphatic carbocycles. The van der Waals surface area contributed by atoms with Gasteiger partial charge in [0.05, 0.1) is 13.6 Å². The van der Waals surface area contributed by atoms with Gasteiger partial charge in [-0.2, -0.15) is 0 Å². The second kappa shape index (κ2) is 6.13. The molecule has 0 radical (unpaired) electrons. The molecule has 0 bridgehead atoms. The van der Waals surface area contributed by atoms with Crippen molar-refractivity contribution < 1.29 is 4.39 Å². The van der Waals surface area contributed by atoms with E-state index in [4.69, 9.17) is 0 Å². The summed E-state index contributed by atoms with van der Waals surface area (Å²) in [7, 11) is 1.82. The highest BCUT2D eigenvalue weighted by Crippen LogP contribution is 2.38. The lowest BCUT2D eigenvalue weighted by Crippen LogP contribution is -2.18. The van der Waals surface area contributed by atoms with Gasteiger partial charge in [-0.25, -0.2) is 4.39 Å². The minimum atomic E-state index is -0.216. The van der Waals surface area contributed by atoms with Crippen LogP contribution in [0.3, 0.4) is 0 Å². The summed E-state index contributed by atoms with van der Waals surface area (Å²) < 4.78 is 16.8. The molecular weight excluding hydrogens is 449 g/mol. The van der Waals surface area contributed by atoms with E-state index in [-0.39, 0.29) is 11.9 Å². The molecule has 1 atom stereocenters. The van der Waals surface area contributed by atoms with Crippen molar-refractivity contribution in [2.24, 2.45) is 0 Å². The molecule has 1 N–H and O–H groups in total. The maximum atomic E-state index is 13.9. The molecule has 1 unspecified atom stereocenters. The van der Waals surface area contributed by atoms with Gasteiger partial charge in [0.25, 0.3) is 0 Å². The summed E-state index contributed by atoms with van der Waals surface area (Å²) in [4.78, 5) is 0. The molecule has 0 saturated heterocycles. The third-order valence-corrected chi connectivity index (χ3v) is 5.43. The zero-order valence-electron chi connectivity index (χ0n) is 9.31. The second-order valence-corrected chi connectivity index (χ2v) is 8.33. The first-order valence-electron chi connectivity index (χ1n) is 5.10. The van der Waals surface area contributed by atoms with Gasteiger partial charge in [-0.05, 0) is 68.7 Å². The lowest BCUT2D eigenvalue weighted by molar-refractivity contribution is 0.575. The van der Waals surface area contributed by atoms with E-state index in [0.29, 0.717) is 5.56 Å². The fourth-order valence-electron chi connectivity index (χ4n) is 1.76. The average molecular weight is 458 g/mol. The summed E-state index contributed by atoms with van der Waals surface area (Å²) in [5, 5.41) is 3.15. The van der Waals surface area contributed by atoms with Gasteiger partial charge >= 0.3 is 0 Å². The molecule has 0 fully saturated rings. The van der Waals surface area contributed by atoms with Gasteiger partial charge in [-0.15, -0.1) is 11.3 Å². The molecule has 0 amide bonds. The van der Waals surface area contributed by atoms with Crippen LogP contribution in [-0.4, -0.2) is 7.05 Å². The zero-order valence-corrected chi connectivity index (χ0v) is 14.9. The van der Waals surface area contributed by atoms with Crippen molar-refractivity contribution in [2.45, 2.75) is 6.04 Å². The van der Waals surface area contributed by atoms with E-state index in [1.807, 2.05) is 13.1 Å². The summed E-state index contributed by atoms with van der Waals surface area (Å²) in [6.07, 6.45) is 0. The van der Waals surface area contributed by atoms with E-state index >= 15 is 0 Å². The topological polar surface area (TPSA) is 12.0 Å². The van der Waals surface area contributed by atoms with Crippen molar-refractivity contribution >= 4 is 59.1 Å². The van der Waals surface area contributed by atoms with Crippen LogP contribution < -0.4 is 5.32 Å². The lowest BCUT2D eigenvalue weighted by Gasteiger charge is -2.17. The van der Waals surface area contributed by atoms with Gasteiger partial charge < -0.3 is 5.32 Å². The summed E-state index contributed by atoms with van der Waals surface area (Å²) in [6, 6.07) is 6.79. The number of halogens is 4. The van der Waals surface area contributed by atoms with Crippen LogP contribution >= 0.6 is 59.1 Å². The largest absolute Gasteiger partial charge is 0.309 e. The Morgan fingerprint density at radius 2 is 1.89 bits per heavy atom. The van der Waals surface area contributed by atoms with Gasteiger partial charge in [0.15, 0.2) is 0 Å². The molecule has 0 aliphatic heterocycles. The second-order valence-electron chi connectivity index (χ2n) is 3.67. The molecule has 0 saturated carbocycles. The van der Waals surface area contributed by atoms with E-state index in [0.717, 1.165) is 17.6 Å². The monoisotopic (exact) mass is 455 g/mol. The molecule has 1 nitrogen and oxygen atoms in total. The molecular formula is C12H9Br3FNS. The third-order valence-electron chi connectivity index (χ3n) is 2.55. The van der Waals surface area contributed by atoms with E-state index < -0.39 is 0 Å². The highest BCUT2D eigenvalue weighted by Gasteiger charge is 2.20. The third kappa shape index (κ3) is 3.04. The first-order chi connectivity index (χ1) is 8.52. The quantitative estimate of drug-likeness (QED) is 0.643. The Kier molecular flexibility index (Phi) is 4.99. The Morgan fingerprint density at radius 3 is 2.44 bits per heavy atom. The average Bonchev–Trinajstić information content (AvgIpc) is 2.64. The Bertz CT molecular complexity index is 570. The lowest BCUT2D eigenvalue weighted by atomic mass is 10.0. The number of nitrogens with one attached hydrogen (secondary N) is 1. The van der Waals surface area contributed by atoms with E-state index in [1.165, 1.54) is 6.07 Å². The molecule has 1 heterocycles. The van der Waals surface area contributed by atoms with Crippen molar-refractivity contribution in [2.75, 3.05) is 7.05 Å². The van der Waals surface area contributed by atoms with E-state index in [9.17, 15) is 4.39 Å². The van der Waals surface area contributed by atoms with Crippen LogP contribution in [0.25, 0.3) is 0 Å². The van der Waals surface area contributed by atoms with Crippen LogP contribution in [0.15, 0.2) is 36.3 Å². The summed E-state index contributed by atoms with van der Waals surface area (Å²) in [5.41, 5.74) is 1.64. The van der Waals surface area contributed by atoms with Crippen LogP contribution in [0.4, 0.5) is 4.39 Å².